The molecule has 0 bridgehead atoms. The standard InChI is InChI=1S/C46H74N10O16/c1-22(2)16-31(41(66)49-25(7)46(71)72)54-44(69)34(20-57)56-45(70)35(21-58)55-40(65)29(12-14-36(48)60)50-39(64)30(13-15-37(61)62)51-42(67)33(18-24(5)6)53-43(68)32(17-23(3)4)52-38(63)28(47)19-26-8-10-27(59)11-9-26/h8-11,22-25,28-35,57-59H,12-21,47H2,1-7H3,(H2,48,60)(H,49,66)(H,50,64)(H,51,67)(H,52,63)(H,53,68)(H,54,69)(H,55,65)(H,56,70)(H,61,62)(H,71,72)/t25-,28-,29-,30-,31-,32-,33-,34-,35-/m0/s1. The van der Waals surface area contributed by atoms with E-state index in [1.807, 2.05) is 0 Å². The number of amides is 9. The van der Waals surface area contributed by atoms with Gasteiger partial charge in [-0.15, -0.1) is 0 Å². The van der Waals surface area contributed by atoms with Crippen molar-refractivity contribution >= 4 is 65.1 Å². The fourth-order valence-electron chi connectivity index (χ4n) is 6.86. The van der Waals surface area contributed by atoms with Gasteiger partial charge in [-0.05, 0) is 80.9 Å². The number of carboxylic acid groups (broad SMARTS) is 2. The van der Waals surface area contributed by atoms with Crippen molar-refractivity contribution in [2.24, 2.45) is 29.2 Å². The molecule has 9 amide bonds. The number of hydrogen-bond acceptors (Lipinski definition) is 15. The summed E-state index contributed by atoms with van der Waals surface area (Å²) in [6, 6.07) is -7.40. The van der Waals surface area contributed by atoms with Crippen LogP contribution in [0.5, 0.6) is 5.75 Å². The summed E-state index contributed by atoms with van der Waals surface area (Å²) in [5.41, 5.74) is 12.1. The molecule has 0 unspecified atom stereocenters. The van der Waals surface area contributed by atoms with E-state index in [-0.39, 0.29) is 49.2 Å². The molecule has 72 heavy (non-hydrogen) atoms. The zero-order valence-corrected chi connectivity index (χ0v) is 41.7. The van der Waals surface area contributed by atoms with Crippen molar-refractivity contribution < 1.29 is 78.3 Å². The van der Waals surface area contributed by atoms with Crippen molar-refractivity contribution in [2.75, 3.05) is 13.2 Å². The Kier molecular flexibility index (Phi) is 27.5. The van der Waals surface area contributed by atoms with E-state index in [4.69, 9.17) is 11.5 Å². The summed E-state index contributed by atoms with van der Waals surface area (Å²) in [7, 11) is 0. The summed E-state index contributed by atoms with van der Waals surface area (Å²) < 4.78 is 0. The third kappa shape index (κ3) is 23.8. The quantitative estimate of drug-likeness (QED) is 0.0325. The molecular formula is C46H74N10O16. The Morgan fingerprint density at radius 1 is 0.472 bits per heavy atom. The van der Waals surface area contributed by atoms with Gasteiger partial charge in [0.25, 0.3) is 0 Å². The highest BCUT2D eigenvalue weighted by Crippen LogP contribution is 2.14. The minimum Gasteiger partial charge on any atom is -0.508 e. The summed E-state index contributed by atoms with van der Waals surface area (Å²) in [6.07, 6.45) is -2.14. The molecule has 1 aromatic carbocycles. The molecule has 0 aliphatic rings. The molecule has 26 nitrogen and oxygen atoms in total. The van der Waals surface area contributed by atoms with E-state index in [0.29, 0.717) is 5.56 Å². The van der Waals surface area contributed by atoms with E-state index in [1.54, 1.807) is 53.7 Å². The van der Waals surface area contributed by atoms with E-state index in [9.17, 15) is 78.3 Å². The van der Waals surface area contributed by atoms with Crippen LogP contribution in [-0.4, -0.2) is 158 Å². The summed E-state index contributed by atoms with van der Waals surface area (Å²) in [6.45, 7) is 9.47. The molecule has 1 rings (SSSR count). The monoisotopic (exact) mass is 1020 g/mol. The van der Waals surface area contributed by atoms with E-state index in [0.717, 1.165) is 0 Å². The van der Waals surface area contributed by atoms with Gasteiger partial charge in [-0.3, -0.25) is 52.7 Å². The van der Waals surface area contributed by atoms with E-state index in [1.165, 1.54) is 19.1 Å². The zero-order chi connectivity index (χ0) is 55.0. The highest BCUT2D eigenvalue weighted by atomic mass is 16.4. The molecular weight excluding hydrogens is 949 g/mol. The molecule has 0 saturated heterocycles. The van der Waals surface area contributed by atoms with Crippen molar-refractivity contribution in [1.29, 1.82) is 0 Å². The Balaban J connectivity index is 3.34. The summed E-state index contributed by atoms with van der Waals surface area (Å²) in [5, 5.41) is 67.2. The topological polar surface area (TPSA) is 437 Å². The lowest BCUT2D eigenvalue weighted by Gasteiger charge is -2.28. The Hall–Kier alpha value is -6.93. The number of aromatic hydroxyl groups is 1. The lowest BCUT2D eigenvalue weighted by molar-refractivity contribution is -0.142. The van der Waals surface area contributed by atoms with Gasteiger partial charge >= 0.3 is 11.9 Å². The number of carbonyl (C=O) groups is 11. The Morgan fingerprint density at radius 2 is 0.792 bits per heavy atom. The minimum absolute atomic E-state index is 0.0134. The molecule has 0 aromatic heterocycles. The van der Waals surface area contributed by atoms with E-state index < -0.39 is 158 Å². The van der Waals surface area contributed by atoms with Crippen LogP contribution in [0.2, 0.25) is 0 Å². The number of rotatable bonds is 33. The second-order valence-corrected chi connectivity index (χ2v) is 18.7. The Morgan fingerprint density at radius 3 is 1.14 bits per heavy atom. The second-order valence-electron chi connectivity index (χ2n) is 18.7. The number of phenols is 1. The average molecular weight is 1020 g/mol. The van der Waals surface area contributed by atoms with Crippen LogP contribution in [0.4, 0.5) is 0 Å². The van der Waals surface area contributed by atoms with Crippen LogP contribution in [0, 0.1) is 17.8 Å². The van der Waals surface area contributed by atoms with Gasteiger partial charge in [0.15, 0.2) is 0 Å². The number of carboxylic acids is 2. The van der Waals surface area contributed by atoms with Crippen LogP contribution >= 0.6 is 0 Å². The molecule has 17 N–H and O–H groups in total. The summed E-state index contributed by atoms with van der Waals surface area (Å²) >= 11 is 0. The fraction of sp³-hybridized carbons (Fsp3) is 0.630. The maximum atomic E-state index is 14.0. The first-order chi connectivity index (χ1) is 33.6. The lowest BCUT2D eigenvalue weighted by Crippen LogP contribution is -2.61. The fourth-order valence-corrected chi connectivity index (χ4v) is 6.86. The maximum Gasteiger partial charge on any atom is 0.325 e. The van der Waals surface area contributed by atoms with E-state index in [2.05, 4.69) is 42.5 Å². The predicted molar refractivity (Wildman–Crippen MR) is 256 cm³/mol. The van der Waals surface area contributed by atoms with Crippen molar-refractivity contribution in [1.82, 2.24) is 42.5 Å². The largest absolute Gasteiger partial charge is 0.508 e. The number of primary amides is 1. The molecule has 404 valence electrons. The molecule has 0 aliphatic heterocycles. The second kappa shape index (κ2) is 31.4. The SMILES string of the molecule is CC(C)C[C@H](NC(=O)[C@H](CO)NC(=O)[C@H](CO)NC(=O)[C@H](CCC(N)=O)NC(=O)[C@H](CCC(=O)O)NC(=O)[C@H](CC(C)C)NC(=O)[C@H](CC(C)C)NC(=O)[C@@H](N)Cc1ccc(O)cc1)C(=O)N[C@@H](C)C(=O)O. The van der Waals surface area contributed by atoms with E-state index >= 15 is 0 Å². The third-order valence-electron chi connectivity index (χ3n) is 10.7. The molecule has 0 saturated carbocycles. The third-order valence-corrected chi connectivity index (χ3v) is 10.7. The highest BCUT2D eigenvalue weighted by Gasteiger charge is 2.35. The number of aliphatic carboxylic acids is 2. The number of nitrogens with two attached hydrogens (primary N) is 2. The first-order valence-electron chi connectivity index (χ1n) is 23.5. The number of hydrogen-bond donors (Lipinski definition) is 15. The number of phenolic OH excluding ortho intramolecular Hbond substituents is 1. The minimum atomic E-state index is -1.89. The van der Waals surface area contributed by atoms with Gasteiger partial charge in [-0.25, -0.2) is 0 Å². The highest BCUT2D eigenvalue weighted by molar-refractivity contribution is 5.98. The number of nitrogens with one attached hydrogen (secondary N) is 8. The van der Waals surface area contributed by atoms with Gasteiger partial charge in [0, 0.05) is 12.8 Å². The van der Waals surface area contributed by atoms with Crippen LogP contribution in [0.15, 0.2) is 24.3 Å². The van der Waals surface area contributed by atoms with Gasteiger partial charge in [-0.1, -0.05) is 53.7 Å². The van der Waals surface area contributed by atoms with Crippen molar-refractivity contribution in [3.63, 3.8) is 0 Å². The van der Waals surface area contributed by atoms with Crippen LogP contribution in [0.1, 0.15) is 99.0 Å². The first-order valence-corrected chi connectivity index (χ1v) is 23.5. The Bertz CT molecular complexity index is 2040. The number of aliphatic hydroxyl groups excluding tert-OH is 2. The lowest BCUT2D eigenvalue weighted by atomic mass is 9.99. The van der Waals surface area contributed by atoms with Crippen molar-refractivity contribution in [2.45, 2.75) is 154 Å². The van der Waals surface area contributed by atoms with Crippen LogP contribution in [0.25, 0.3) is 0 Å². The molecule has 26 heteroatoms. The van der Waals surface area contributed by atoms with Gasteiger partial charge in [-0.2, -0.15) is 0 Å². The van der Waals surface area contributed by atoms with Gasteiger partial charge in [0.1, 0.15) is 54.1 Å². The molecule has 0 heterocycles. The molecule has 1 aromatic rings. The number of benzene rings is 1. The molecule has 0 aliphatic carbocycles. The Labute approximate surface area is 417 Å². The van der Waals surface area contributed by atoms with Gasteiger partial charge in [0.2, 0.25) is 53.2 Å². The average Bonchev–Trinajstić information content (AvgIpc) is 3.28. The normalized spacial score (nSPS) is 15.0. The predicted octanol–water partition coefficient (Wildman–Crippen LogP) is -3.50. The molecule has 9 atom stereocenters. The number of aliphatic hydroxyl groups is 2. The van der Waals surface area contributed by atoms with Gasteiger partial charge < -0.3 is 79.5 Å². The zero-order valence-electron chi connectivity index (χ0n) is 41.7. The van der Waals surface area contributed by atoms with Crippen LogP contribution in [0.3, 0.4) is 0 Å². The van der Waals surface area contributed by atoms with Crippen LogP contribution in [-0.2, 0) is 59.2 Å². The first kappa shape index (κ1) is 63.1. The smallest absolute Gasteiger partial charge is 0.325 e. The molecule has 0 fully saturated rings. The summed E-state index contributed by atoms with van der Waals surface area (Å²) in [4.78, 5) is 143. The van der Waals surface area contributed by atoms with Crippen molar-refractivity contribution in [3.8, 4) is 5.75 Å². The van der Waals surface area contributed by atoms with Crippen molar-refractivity contribution in [3.05, 3.63) is 29.8 Å². The maximum absolute atomic E-state index is 14.0. The van der Waals surface area contributed by atoms with Crippen LogP contribution < -0.4 is 54.0 Å². The molecule has 0 spiro atoms. The molecule has 0 radical (unpaired) electrons. The van der Waals surface area contributed by atoms with Gasteiger partial charge in [0.05, 0.1) is 19.3 Å². The summed E-state index contributed by atoms with van der Waals surface area (Å²) in [5.74, 6) is -12.3. The number of carbonyl (C=O) groups excluding carboxylic acids is 9.